The van der Waals surface area contributed by atoms with Crippen molar-refractivity contribution in [3.05, 3.63) is 29.1 Å². The molecule has 2 fully saturated rings. The van der Waals surface area contributed by atoms with E-state index in [4.69, 9.17) is 4.74 Å². The van der Waals surface area contributed by atoms with Crippen LogP contribution in [0.5, 0.6) is 0 Å². The van der Waals surface area contributed by atoms with Crippen molar-refractivity contribution in [1.82, 2.24) is 15.1 Å². The number of hydrogen-bond acceptors (Lipinski definition) is 5. The molecule has 7 nitrogen and oxygen atoms in total. The van der Waals surface area contributed by atoms with Crippen LogP contribution in [0.2, 0.25) is 0 Å². The van der Waals surface area contributed by atoms with Crippen LogP contribution in [0.4, 0.5) is 10.1 Å². The van der Waals surface area contributed by atoms with Crippen LogP contribution in [0.15, 0.2) is 12.1 Å². The fraction of sp³-hybridized carbons (Fsp3) is 0.652. The van der Waals surface area contributed by atoms with Gasteiger partial charge in [0.15, 0.2) is 0 Å². The maximum Gasteiger partial charge on any atom is 0.248 e. The van der Waals surface area contributed by atoms with Crippen molar-refractivity contribution in [3.63, 3.8) is 0 Å². The molecule has 0 bridgehead atoms. The van der Waals surface area contributed by atoms with Crippen molar-refractivity contribution in [2.45, 2.75) is 57.2 Å². The van der Waals surface area contributed by atoms with Crippen LogP contribution >= 0.6 is 0 Å². The molecule has 0 radical (unpaired) electrons. The van der Waals surface area contributed by atoms with Crippen molar-refractivity contribution >= 4 is 17.5 Å². The largest absolute Gasteiger partial charge is 0.375 e. The van der Waals surface area contributed by atoms with E-state index in [0.29, 0.717) is 18.0 Å². The third kappa shape index (κ3) is 4.85. The highest BCUT2D eigenvalue weighted by Crippen LogP contribution is 2.32. The molecule has 1 aromatic carbocycles. The van der Waals surface area contributed by atoms with Gasteiger partial charge >= 0.3 is 0 Å². The number of anilines is 1. The smallest absolute Gasteiger partial charge is 0.248 e. The van der Waals surface area contributed by atoms with E-state index in [1.54, 1.807) is 13.2 Å². The van der Waals surface area contributed by atoms with Crippen molar-refractivity contribution in [1.29, 1.82) is 0 Å². The van der Waals surface area contributed by atoms with E-state index in [1.807, 2.05) is 11.8 Å². The Hall–Kier alpha value is -2.19. The van der Waals surface area contributed by atoms with Gasteiger partial charge in [0.1, 0.15) is 18.5 Å². The number of hydrogen-bond donors (Lipinski definition) is 2. The highest BCUT2D eigenvalue weighted by molar-refractivity contribution is 5.88. The van der Waals surface area contributed by atoms with Gasteiger partial charge < -0.3 is 20.3 Å². The van der Waals surface area contributed by atoms with Gasteiger partial charge in [-0.15, -0.1) is 0 Å². The third-order valence-electron chi connectivity index (χ3n) is 6.95. The molecule has 2 N–H and O–H groups in total. The first-order chi connectivity index (χ1) is 15.0. The number of nitrogens with one attached hydrogen (secondary N) is 2. The summed E-state index contributed by atoms with van der Waals surface area (Å²) in [4.78, 5) is 29.2. The zero-order chi connectivity index (χ0) is 22.0. The molecule has 8 heteroatoms. The fourth-order valence-corrected chi connectivity index (χ4v) is 5.21. The Morgan fingerprint density at radius 2 is 2.00 bits per heavy atom. The lowest BCUT2D eigenvalue weighted by Gasteiger charge is -2.42. The number of ether oxygens (including phenoxy) is 1. The number of piperazine rings is 1. The van der Waals surface area contributed by atoms with Gasteiger partial charge in [-0.1, -0.05) is 6.07 Å². The Morgan fingerprint density at radius 1 is 1.23 bits per heavy atom. The molecule has 1 aliphatic carbocycles. The molecular formula is C23H33FN4O3. The molecular weight excluding hydrogens is 399 g/mol. The predicted octanol–water partition coefficient (Wildman–Crippen LogP) is 1.69. The van der Waals surface area contributed by atoms with E-state index in [9.17, 15) is 14.0 Å². The first-order valence-electron chi connectivity index (χ1n) is 11.3. The van der Waals surface area contributed by atoms with Crippen LogP contribution in [0.1, 0.15) is 36.8 Å². The zero-order valence-corrected chi connectivity index (χ0v) is 18.5. The molecule has 1 saturated carbocycles. The second-order valence-corrected chi connectivity index (χ2v) is 8.99. The summed E-state index contributed by atoms with van der Waals surface area (Å²) in [5.41, 5.74) is 2.35. The molecule has 4 rings (SSSR count). The van der Waals surface area contributed by atoms with Crippen LogP contribution in [0.3, 0.4) is 0 Å². The molecule has 1 saturated heterocycles. The minimum Gasteiger partial charge on any atom is -0.375 e. The topological polar surface area (TPSA) is 73.9 Å². The number of benzene rings is 1. The second-order valence-electron chi connectivity index (χ2n) is 8.99. The van der Waals surface area contributed by atoms with Gasteiger partial charge in [-0.3, -0.25) is 14.5 Å². The first kappa shape index (κ1) is 22.0. The Balaban J connectivity index is 1.28. The van der Waals surface area contributed by atoms with E-state index < -0.39 is 6.04 Å². The Morgan fingerprint density at radius 3 is 2.71 bits per heavy atom. The number of halogens is 1. The number of aryl methyl sites for hydroxylation is 1. The summed E-state index contributed by atoms with van der Waals surface area (Å²) in [7, 11) is 1.54. The highest BCUT2D eigenvalue weighted by atomic mass is 19.1. The second kappa shape index (κ2) is 9.53. The number of methoxy groups -OCH3 is 1. The van der Waals surface area contributed by atoms with Gasteiger partial charge in [-0.25, -0.2) is 4.39 Å². The summed E-state index contributed by atoms with van der Waals surface area (Å²) >= 11 is 0. The molecule has 2 heterocycles. The first-order valence-corrected chi connectivity index (χ1v) is 11.3. The molecule has 2 amide bonds. The van der Waals surface area contributed by atoms with Crippen molar-refractivity contribution in [2.24, 2.45) is 0 Å². The molecule has 1 aromatic rings. The average molecular weight is 433 g/mol. The average Bonchev–Trinajstić information content (AvgIpc) is 3.24. The molecule has 170 valence electrons. The standard InChI is InChI=1S/C23H33FN4O3/c1-15-6-7-19(24)18-13-20(26-22(15)18)23(30)25-16-4-3-5-17(12-16)27-8-10-28(11-9-27)21(29)14-31-2/h6-7,16-17,20,26H,3-5,8-14H2,1-2H3,(H,25,30)/t16-,17+,20?/m1/s1. The SMILES string of the molecule is COCC(=O)N1CCN([C@H]2CCC[C@@H](NC(=O)C3Cc4c(F)ccc(C)c4N3)C2)CC1. The number of carbonyl (C=O) groups is 2. The summed E-state index contributed by atoms with van der Waals surface area (Å²) < 4.78 is 19.1. The Kier molecular flexibility index (Phi) is 6.77. The number of fused-ring (bicyclic) bond motifs is 1. The van der Waals surface area contributed by atoms with Crippen molar-refractivity contribution in [3.8, 4) is 0 Å². The Labute approximate surface area is 183 Å². The van der Waals surface area contributed by atoms with Crippen molar-refractivity contribution < 1.29 is 18.7 Å². The van der Waals surface area contributed by atoms with E-state index in [0.717, 1.165) is 63.1 Å². The van der Waals surface area contributed by atoms with E-state index in [2.05, 4.69) is 15.5 Å². The summed E-state index contributed by atoms with van der Waals surface area (Å²) in [5.74, 6) is -0.243. The highest BCUT2D eigenvalue weighted by Gasteiger charge is 2.34. The van der Waals surface area contributed by atoms with Gasteiger partial charge in [0.05, 0.1) is 0 Å². The molecule has 31 heavy (non-hydrogen) atoms. The molecule has 2 aliphatic heterocycles. The van der Waals surface area contributed by atoms with Crippen LogP contribution < -0.4 is 10.6 Å². The number of amides is 2. The number of nitrogens with zero attached hydrogens (tertiary/aromatic N) is 2. The number of rotatable bonds is 5. The van der Waals surface area contributed by atoms with E-state index in [1.165, 1.54) is 6.07 Å². The minimum absolute atomic E-state index is 0.0457. The van der Waals surface area contributed by atoms with E-state index >= 15 is 0 Å². The molecule has 3 aliphatic rings. The molecule has 0 spiro atoms. The van der Waals surface area contributed by atoms with Gasteiger partial charge in [-0.05, 0) is 44.2 Å². The van der Waals surface area contributed by atoms with Gasteiger partial charge in [0.25, 0.3) is 0 Å². The van der Waals surface area contributed by atoms with Crippen LogP contribution in [0, 0.1) is 12.7 Å². The lowest BCUT2D eigenvalue weighted by molar-refractivity contribution is -0.137. The molecule has 0 aromatic heterocycles. The zero-order valence-electron chi connectivity index (χ0n) is 18.5. The monoisotopic (exact) mass is 432 g/mol. The minimum atomic E-state index is -0.415. The fourth-order valence-electron chi connectivity index (χ4n) is 5.21. The summed E-state index contributed by atoms with van der Waals surface area (Å²) in [6.07, 6.45) is 4.48. The molecule has 3 atom stereocenters. The normalized spacial score (nSPS) is 26.3. The summed E-state index contributed by atoms with van der Waals surface area (Å²) in [6.45, 7) is 5.24. The quantitative estimate of drug-likeness (QED) is 0.741. The summed E-state index contributed by atoms with van der Waals surface area (Å²) in [6, 6.07) is 3.37. The lowest BCUT2D eigenvalue weighted by Crippen LogP contribution is -2.55. The lowest BCUT2D eigenvalue weighted by atomic mass is 9.89. The van der Waals surface area contributed by atoms with Crippen LogP contribution in [-0.4, -0.2) is 79.6 Å². The number of carbonyl (C=O) groups excluding carboxylic acids is 2. The maximum absolute atomic E-state index is 14.1. The van der Waals surface area contributed by atoms with Crippen LogP contribution in [0.25, 0.3) is 0 Å². The third-order valence-corrected chi connectivity index (χ3v) is 6.95. The maximum atomic E-state index is 14.1. The van der Waals surface area contributed by atoms with E-state index in [-0.39, 0.29) is 30.3 Å². The van der Waals surface area contributed by atoms with Crippen LogP contribution in [-0.2, 0) is 20.7 Å². The molecule has 1 unspecified atom stereocenters. The van der Waals surface area contributed by atoms with Gasteiger partial charge in [-0.2, -0.15) is 0 Å². The Bertz CT molecular complexity index is 794. The summed E-state index contributed by atoms with van der Waals surface area (Å²) in [5, 5.41) is 6.44. The van der Waals surface area contributed by atoms with Gasteiger partial charge in [0.2, 0.25) is 11.8 Å². The van der Waals surface area contributed by atoms with Gasteiger partial charge in [0, 0.05) is 63.0 Å². The predicted molar refractivity (Wildman–Crippen MR) is 116 cm³/mol. The van der Waals surface area contributed by atoms with Crippen molar-refractivity contribution in [2.75, 3.05) is 45.2 Å².